The quantitative estimate of drug-likeness (QED) is 0.491. The predicted molar refractivity (Wildman–Crippen MR) is 107 cm³/mol. The molecule has 7 nitrogen and oxygen atoms in total. The number of nitrogens with two attached hydrogens (primary N) is 1. The highest BCUT2D eigenvalue weighted by Crippen LogP contribution is 2.19. The molecule has 0 saturated heterocycles. The molecule has 27 heavy (non-hydrogen) atoms. The van der Waals surface area contributed by atoms with E-state index in [0.717, 1.165) is 28.9 Å². The molecule has 0 aliphatic heterocycles. The molecule has 2 aromatic rings. The number of primary sulfonamides is 1. The summed E-state index contributed by atoms with van der Waals surface area (Å²) in [4.78, 5) is 4.33. The lowest BCUT2D eigenvalue weighted by molar-refractivity contribution is 0.408. The van der Waals surface area contributed by atoms with Crippen molar-refractivity contribution in [1.29, 1.82) is 0 Å². The van der Waals surface area contributed by atoms with Gasteiger partial charge in [-0.1, -0.05) is 24.3 Å². The molecule has 4 N–H and O–H groups in total. The summed E-state index contributed by atoms with van der Waals surface area (Å²) in [5.41, 5.74) is 3.20. The number of hydrogen-bond donors (Lipinski definition) is 3. The van der Waals surface area contributed by atoms with Crippen LogP contribution in [0.25, 0.3) is 0 Å². The topological polar surface area (TPSA) is 106 Å². The number of guanidine groups is 1. The summed E-state index contributed by atoms with van der Waals surface area (Å²) in [6.45, 7) is 3.27. The largest absolute Gasteiger partial charge is 0.496 e. The van der Waals surface area contributed by atoms with Gasteiger partial charge in [-0.25, -0.2) is 13.6 Å². The van der Waals surface area contributed by atoms with Crippen molar-refractivity contribution in [3.05, 3.63) is 59.2 Å². The lowest BCUT2D eigenvalue weighted by atomic mass is 10.1. The summed E-state index contributed by atoms with van der Waals surface area (Å²) < 4.78 is 28.0. The molecule has 0 spiro atoms. The molecule has 2 rings (SSSR count). The van der Waals surface area contributed by atoms with Gasteiger partial charge in [-0.2, -0.15) is 0 Å². The van der Waals surface area contributed by atoms with E-state index in [4.69, 9.17) is 9.88 Å². The van der Waals surface area contributed by atoms with Gasteiger partial charge in [-0.15, -0.1) is 0 Å². The highest BCUT2D eigenvalue weighted by molar-refractivity contribution is 7.89. The van der Waals surface area contributed by atoms with E-state index in [0.29, 0.717) is 19.0 Å². The Labute approximate surface area is 160 Å². The van der Waals surface area contributed by atoms with Crippen LogP contribution in [0.4, 0.5) is 0 Å². The number of ether oxygens (including phenoxy) is 1. The minimum Gasteiger partial charge on any atom is -0.496 e. The molecule has 0 aliphatic carbocycles. The molecular weight excluding hydrogens is 364 g/mol. The number of methoxy groups -OCH3 is 1. The highest BCUT2D eigenvalue weighted by Gasteiger charge is 2.07. The summed E-state index contributed by atoms with van der Waals surface area (Å²) >= 11 is 0. The smallest absolute Gasteiger partial charge is 0.238 e. The highest BCUT2D eigenvalue weighted by atomic mass is 32.2. The van der Waals surface area contributed by atoms with Crippen molar-refractivity contribution in [2.24, 2.45) is 10.1 Å². The fourth-order valence-corrected chi connectivity index (χ4v) is 3.08. The summed E-state index contributed by atoms with van der Waals surface area (Å²) in [5.74, 6) is 1.52. The fraction of sp³-hybridized carbons (Fsp3) is 0.316. The molecule has 0 unspecified atom stereocenters. The monoisotopic (exact) mass is 390 g/mol. The van der Waals surface area contributed by atoms with Crippen LogP contribution in [0.2, 0.25) is 0 Å². The van der Waals surface area contributed by atoms with Gasteiger partial charge in [0.05, 0.1) is 12.0 Å². The van der Waals surface area contributed by atoms with Gasteiger partial charge in [0.25, 0.3) is 0 Å². The summed E-state index contributed by atoms with van der Waals surface area (Å²) in [7, 11) is -0.285. The van der Waals surface area contributed by atoms with Crippen molar-refractivity contribution in [2.45, 2.75) is 24.8 Å². The van der Waals surface area contributed by atoms with Crippen LogP contribution >= 0.6 is 0 Å². The number of benzene rings is 2. The average molecular weight is 391 g/mol. The van der Waals surface area contributed by atoms with Crippen LogP contribution in [0.15, 0.2) is 52.4 Å². The third kappa shape index (κ3) is 6.26. The summed E-state index contributed by atoms with van der Waals surface area (Å²) in [5, 5.41) is 11.6. The molecule has 0 radical (unpaired) electrons. The minimum atomic E-state index is -3.65. The number of aliphatic imine (C=N–C) groups is 1. The molecule has 2 aromatic carbocycles. The zero-order chi connectivity index (χ0) is 19.9. The molecule has 0 bridgehead atoms. The van der Waals surface area contributed by atoms with E-state index in [9.17, 15) is 8.42 Å². The maximum absolute atomic E-state index is 11.3. The van der Waals surface area contributed by atoms with Crippen molar-refractivity contribution in [3.63, 3.8) is 0 Å². The van der Waals surface area contributed by atoms with E-state index >= 15 is 0 Å². The Morgan fingerprint density at radius 2 is 1.85 bits per heavy atom. The van der Waals surface area contributed by atoms with E-state index in [1.807, 2.05) is 25.1 Å². The number of rotatable bonds is 7. The van der Waals surface area contributed by atoms with Crippen LogP contribution in [-0.4, -0.2) is 35.1 Å². The lowest BCUT2D eigenvalue weighted by Crippen LogP contribution is -2.37. The first-order chi connectivity index (χ1) is 12.8. The third-order valence-electron chi connectivity index (χ3n) is 4.07. The van der Waals surface area contributed by atoms with Crippen LogP contribution in [0.5, 0.6) is 5.75 Å². The van der Waals surface area contributed by atoms with Gasteiger partial charge in [0.1, 0.15) is 5.75 Å². The van der Waals surface area contributed by atoms with Gasteiger partial charge in [-0.3, -0.25) is 4.99 Å². The number of nitrogens with one attached hydrogen (secondary N) is 2. The number of sulfonamides is 1. The Balaban J connectivity index is 1.86. The van der Waals surface area contributed by atoms with E-state index < -0.39 is 10.0 Å². The molecular formula is C19H26N4O3S. The summed E-state index contributed by atoms with van der Waals surface area (Å²) in [6.07, 6.45) is 0.722. The molecule has 0 amide bonds. The van der Waals surface area contributed by atoms with Crippen molar-refractivity contribution in [1.82, 2.24) is 10.6 Å². The van der Waals surface area contributed by atoms with Gasteiger partial charge >= 0.3 is 0 Å². The van der Waals surface area contributed by atoms with Crippen LogP contribution < -0.4 is 20.5 Å². The number of nitrogens with zero attached hydrogens (tertiary/aromatic N) is 1. The van der Waals surface area contributed by atoms with Crippen LogP contribution in [-0.2, 0) is 23.0 Å². The molecule has 0 heterocycles. The number of hydrogen-bond acceptors (Lipinski definition) is 4. The van der Waals surface area contributed by atoms with Gasteiger partial charge < -0.3 is 15.4 Å². The average Bonchev–Trinajstić information content (AvgIpc) is 2.64. The number of aryl methyl sites for hydroxylation is 1. The van der Waals surface area contributed by atoms with Crippen molar-refractivity contribution >= 4 is 16.0 Å². The molecule has 8 heteroatoms. The molecule has 0 saturated carbocycles. The second-order valence-electron chi connectivity index (χ2n) is 6.11. The molecule has 146 valence electrons. The molecule has 0 fully saturated rings. The van der Waals surface area contributed by atoms with E-state index in [2.05, 4.69) is 15.6 Å². The van der Waals surface area contributed by atoms with Crippen molar-refractivity contribution < 1.29 is 13.2 Å². The van der Waals surface area contributed by atoms with Gasteiger partial charge in [-0.05, 0) is 42.7 Å². The molecule has 0 aliphatic rings. The first-order valence-corrected chi connectivity index (χ1v) is 10.1. The van der Waals surface area contributed by atoms with Crippen LogP contribution in [0, 0.1) is 6.92 Å². The Hall–Kier alpha value is -2.58. The third-order valence-corrected chi connectivity index (χ3v) is 5.00. The maximum atomic E-state index is 11.3. The Bertz CT molecular complexity index is 894. The SMILES string of the molecule is CN=C(NCCc1ccc(S(N)(=O)=O)cc1)NCc1ccc(C)cc1OC. The Morgan fingerprint density at radius 1 is 1.15 bits per heavy atom. The van der Waals surface area contributed by atoms with E-state index in [1.54, 1.807) is 26.3 Å². The Morgan fingerprint density at radius 3 is 2.44 bits per heavy atom. The van der Waals surface area contributed by atoms with Crippen LogP contribution in [0.1, 0.15) is 16.7 Å². The van der Waals surface area contributed by atoms with Crippen LogP contribution in [0.3, 0.4) is 0 Å². The first kappa shape index (κ1) is 20.7. The van der Waals surface area contributed by atoms with Crippen molar-refractivity contribution in [2.75, 3.05) is 20.7 Å². The zero-order valence-corrected chi connectivity index (χ0v) is 16.6. The molecule has 0 atom stereocenters. The predicted octanol–water partition coefficient (Wildman–Crippen LogP) is 1.56. The molecule has 0 aromatic heterocycles. The zero-order valence-electron chi connectivity index (χ0n) is 15.8. The van der Waals surface area contributed by atoms with Gasteiger partial charge in [0.15, 0.2) is 5.96 Å². The van der Waals surface area contributed by atoms with Crippen molar-refractivity contribution in [3.8, 4) is 5.75 Å². The maximum Gasteiger partial charge on any atom is 0.238 e. The van der Waals surface area contributed by atoms with Gasteiger partial charge in [0.2, 0.25) is 10.0 Å². The summed E-state index contributed by atoms with van der Waals surface area (Å²) in [6, 6.07) is 12.6. The van der Waals surface area contributed by atoms with Gasteiger partial charge in [0, 0.05) is 25.7 Å². The normalized spacial score (nSPS) is 11.9. The van der Waals surface area contributed by atoms with E-state index in [-0.39, 0.29) is 4.90 Å². The standard InChI is InChI=1S/C19H26N4O3S/c1-14-4-7-16(18(12-14)26-3)13-23-19(21-2)22-11-10-15-5-8-17(9-6-15)27(20,24)25/h4-9,12H,10-11,13H2,1-3H3,(H2,20,24,25)(H2,21,22,23). The fourth-order valence-electron chi connectivity index (χ4n) is 2.57. The Kier molecular flexibility index (Phi) is 7.20. The second-order valence-corrected chi connectivity index (χ2v) is 7.67. The second kappa shape index (κ2) is 9.38. The first-order valence-electron chi connectivity index (χ1n) is 8.53. The van der Waals surface area contributed by atoms with E-state index in [1.165, 1.54) is 12.1 Å². The lowest BCUT2D eigenvalue weighted by Gasteiger charge is -2.14. The minimum absolute atomic E-state index is 0.115.